The molecule has 0 heterocycles. The first-order valence-electron chi connectivity index (χ1n) is 22.2. The Morgan fingerprint density at radius 2 is 0.740 bits per heavy atom. The molecule has 0 aliphatic heterocycles. The van der Waals surface area contributed by atoms with Crippen molar-refractivity contribution in [2.24, 2.45) is 0 Å². The average molecular weight is 742 g/mol. The first-order chi connectivity index (χ1) is 23.8. The first-order valence-corrected chi connectivity index (χ1v) is 23.0. The summed E-state index contributed by atoms with van der Waals surface area (Å²) in [5.41, 5.74) is 5.59. The van der Waals surface area contributed by atoms with Crippen molar-refractivity contribution in [3.05, 3.63) is 22.3 Å². The molecule has 0 aromatic carbocycles. The highest BCUT2D eigenvalue weighted by atomic mass is 35.5. The van der Waals surface area contributed by atoms with Gasteiger partial charge in [0.05, 0.1) is 45.1 Å². The smallest absolute Gasteiger partial charge is 0.137 e. The third-order valence-electron chi connectivity index (χ3n) is 12.9. The zero-order chi connectivity index (χ0) is 37.5. The fraction of sp³-hybridized carbons (Fsp3) is 0.913. The molecule has 50 heavy (non-hydrogen) atoms. The summed E-state index contributed by atoms with van der Waals surface area (Å²) in [6, 6.07) is 0. The number of likely N-dealkylation sites (N-methyl/N-ethyl adjacent to an activating group) is 1. The van der Waals surface area contributed by atoms with Crippen LogP contribution in [0.1, 0.15) is 209 Å². The fourth-order valence-corrected chi connectivity index (χ4v) is 9.67. The van der Waals surface area contributed by atoms with Gasteiger partial charge in [-0.25, -0.2) is 0 Å². The molecular formula is C46H90Cl2N2+2. The number of nitrogens with zero attached hydrogens (tertiary/aromatic N) is 2. The monoisotopic (exact) mass is 741 g/mol. The second-order valence-corrected chi connectivity index (χ2v) is 19.1. The van der Waals surface area contributed by atoms with Gasteiger partial charge in [0.25, 0.3) is 0 Å². The zero-order valence-electron chi connectivity index (χ0n) is 35.9. The molecule has 1 aliphatic carbocycles. The highest BCUT2D eigenvalue weighted by molar-refractivity contribution is 6.38. The van der Waals surface area contributed by atoms with Crippen LogP contribution in [0.4, 0.5) is 0 Å². The largest absolute Gasteiger partial charge is 0.324 e. The van der Waals surface area contributed by atoms with Crippen LogP contribution < -0.4 is 0 Å². The van der Waals surface area contributed by atoms with Gasteiger partial charge in [0.1, 0.15) is 18.0 Å². The van der Waals surface area contributed by atoms with E-state index in [-0.39, 0.29) is 0 Å². The minimum Gasteiger partial charge on any atom is -0.324 e. The van der Waals surface area contributed by atoms with Crippen molar-refractivity contribution in [2.45, 2.75) is 219 Å². The van der Waals surface area contributed by atoms with Gasteiger partial charge in [0.2, 0.25) is 0 Å². The number of rotatable bonds is 32. The van der Waals surface area contributed by atoms with E-state index in [1.165, 1.54) is 203 Å². The Kier molecular flexibility index (Phi) is 24.9. The Morgan fingerprint density at radius 1 is 0.440 bits per heavy atom. The predicted molar refractivity (Wildman–Crippen MR) is 229 cm³/mol. The van der Waals surface area contributed by atoms with E-state index in [1.54, 1.807) is 0 Å². The normalized spacial score (nSPS) is 20.4. The molecule has 0 saturated carbocycles. The van der Waals surface area contributed by atoms with E-state index in [0.29, 0.717) is 0 Å². The van der Waals surface area contributed by atoms with Crippen molar-refractivity contribution in [1.82, 2.24) is 0 Å². The highest BCUT2D eigenvalue weighted by Gasteiger charge is 2.56. The van der Waals surface area contributed by atoms with Crippen molar-refractivity contribution >= 4 is 23.2 Å². The maximum atomic E-state index is 8.03. The maximum Gasteiger partial charge on any atom is 0.137 e. The SMILES string of the molecule is CCCCCCCC[N+](C)(CCCCCCCC)CC1=C(C)C(C)(Cl)C(Cl)(C[N+](C)(CCCCCCCC)CCCCCCCC)C(C)=C1C. The van der Waals surface area contributed by atoms with Gasteiger partial charge >= 0.3 is 0 Å². The minimum atomic E-state index is -0.611. The van der Waals surface area contributed by atoms with Gasteiger partial charge in [0, 0.05) is 5.57 Å². The molecule has 2 atom stereocenters. The number of hydrogen-bond acceptors (Lipinski definition) is 0. The van der Waals surface area contributed by atoms with E-state index < -0.39 is 9.75 Å². The lowest BCUT2D eigenvalue weighted by Gasteiger charge is -2.51. The van der Waals surface area contributed by atoms with Crippen molar-refractivity contribution in [3.63, 3.8) is 0 Å². The third-order valence-corrected chi connectivity index (χ3v) is 14.3. The van der Waals surface area contributed by atoms with E-state index in [4.69, 9.17) is 23.2 Å². The minimum absolute atomic E-state index is 0.590. The van der Waals surface area contributed by atoms with Crippen LogP contribution in [0.2, 0.25) is 0 Å². The standard InChI is InChI=1S/C46H90Cl2N2/c1-11-15-19-23-27-31-35-49(9,36-32-28-24-20-16-12-2)39-44-41(5)42(6)46(48,45(8,47)43(44)7)40-50(10,37-33-29-25-21-17-13-3)38-34-30-26-22-18-14-4/h11-40H2,1-10H3/q+2. The second kappa shape index (κ2) is 25.9. The number of alkyl halides is 2. The van der Waals surface area contributed by atoms with Gasteiger partial charge in [-0.15, -0.1) is 23.2 Å². The Bertz CT molecular complexity index is 918. The highest BCUT2D eigenvalue weighted by Crippen LogP contribution is 2.53. The van der Waals surface area contributed by atoms with Crippen molar-refractivity contribution in [1.29, 1.82) is 0 Å². The average Bonchev–Trinajstić information content (AvgIpc) is 3.08. The molecule has 296 valence electrons. The summed E-state index contributed by atoms with van der Waals surface area (Å²) in [6.45, 7) is 25.5. The van der Waals surface area contributed by atoms with E-state index in [0.717, 1.165) is 22.1 Å². The van der Waals surface area contributed by atoms with Crippen LogP contribution in [0.3, 0.4) is 0 Å². The molecule has 0 aromatic rings. The van der Waals surface area contributed by atoms with Crippen LogP contribution in [0.5, 0.6) is 0 Å². The van der Waals surface area contributed by atoms with Gasteiger partial charge in [-0.1, -0.05) is 130 Å². The van der Waals surface area contributed by atoms with Crippen molar-refractivity contribution < 1.29 is 8.97 Å². The van der Waals surface area contributed by atoms with Crippen LogP contribution in [-0.4, -0.2) is 72.1 Å². The predicted octanol–water partition coefficient (Wildman–Crippen LogP) is 15.0. The summed E-state index contributed by atoms with van der Waals surface area (Å²) >= 11 is 15.9. The molecule has 0 spiro atoms. The quantitative estimate of drug-likeness (QED) is 0.0366. The van der Waals surface area contributed by atoms with E-state index >= 15 is 0 Å². The van der Waals surface area contributed by atoms with Gasteiger partial charge in [0.15, 0.2) is 0 Å². The van der Waals surface area contributed by atoms with E-state index in [9.17, 15) is 0 Å². The van der Waals surface area contributed by atoms with Crippen LogP contribution >= 0.6 is 23.2 Å². The van der Waals surface area contributed by atoms with Crippen molar-refractivity contribution in [2.75, 3.05) is 53.4 Å². The molecule has 0 amide bonds. The lowest BCUT2D eigenvalue weighted by molar-refractivity contribution is -0.911. The maximum absolute atomic E-state index is 8.03. The van der Waals surface area contributed by atoms with Gasteiger partial charge in [-0.3, -0.25) is 0 Å². The molecular weight excluding hydrogens is 651 g/mol. The molecule has 0 N–H and O–H groups in total. The molecule has 0 radical (unpaired) electrons. The summed E-state index contributed by atoms with van der Waals surface area (Å²) in [7, 11) is 5.05. The number of quaternary nitrogens is 2. The van der Waals surface area contributed by atoms with Gasteiger partial charge in [-0.2, -0.15) is 0 Å². The molecule has 2 nitrogen and oxygen atoms in total. The second-order valence-electron chi connectivity index (χ2n) is 17.7. The number of hydrogen-bond donors (Lipinski definition) is 0. The molecule has 0 fully saturated rings. The number of halogens is 2. The summed E-state index contributed by atoms with van der Waals surface area (Å²) in [5, 5.41) is 0. The Hall–Kier alpha value is -0.0200. The molecule has 1 rings (SSSR count). The van der Waals surface area contributed by atoms with E-state index in [2.05, 4.69) is 69.5 Å². The van der Waals surface area contributed by atoms with Crippen LogP contribution in [-0.2, 0) is 0 Å². The van der Waals surface area contributed by atoms with Crippen LogP contribution in [0.25, 0.3) is 0 Å². The molecule has 0 bridgehead atoms. The lowest BCUT2D eigenvalue weighted by atomic mass is 9.71. The first kappa shape index (κ1) is 48.0. The Balaban J connectivity index is 3.27. The van der Waals surface area contributed by atoms with E-state index in [1.807, 2.05) is 0 Å². The molecule has 0 aromatic heterocycles. The summed E-state index contributed by atoms with van der Waals surface area (Å²) in [5.74, 6) is 0. The Morgan fingerprint density at radius 3 is 1.08 bits per heavy atom. The summed E-state index contributed by atoms with van der Waals surface area (Å²) < 4.78 is 2.16. The Labute approximate surface area is 325 Å². The molecule has 4 heteroatoms. The lowest BCUT2D eigenvalue weighted by Crippen LogP contribution is -2.62. The molecule has 1 aliphatic rings. The molecule has 2 unspecified atom stereocenters. The van der Waals surface area contributed by atoms with Crippen LogP contribution in [0, 0.1) is 0 Å². The zero-order valence-corrected chi connectivity index (χ0v) is 37.4. The van der Waals surface area contributed by atoms with Crippen molar-refractivity contribution in [3.8, 4) is 0 Å². The van der Waals surface area contributed by atoms with Gasteiger partial charge < -0.3 is 8.97 Å². The summed E-state index contributed by atoms with van der Waals surface area (Å²) in [6.07, 6.45) is 32.4. The topological polar surface area (TPSA) is 0 Å². The fourth-order valence-electron chi connectivity index (χ4n) is 8.78. The van der Waals surface area contributed by atoms with Gasteiger partial charge in [-0.05, 0) is 95.8 Å². The number of unbranched alkanes of at least 4 members (excludes halogenated alkanes) is 20. The van der Waals surface area contributed by atoms with Crippen LogP contribution in [0.15, 0.2) is 22.3 Å². The molecule has 0 saturated heterocycles. The number of allylic oxidation sites excluding steroid dienone is 1. The third kappa shape index (κ3) is 16.6. The summed E-state index contributed by atoms with van der Waals surface area (Å²) in [4.78, 5) is -1.20.